The van der Waals surface area contributed by atoms with Crippen molar-refractivity contribution in [1.82, 2.24) is 4.57 Å². The van der Waals surface area contributed by atoms with E-state index in [2.05, 4.69) is 108 Å². The van der Waals surface area contributed by atoms with Crippen molar-refractivity contribution in [2.75, 3.05) is 5.32 Å². The molecule has 0 amide bonds. The number of furan rings is 1. The molecule has 0 spiro atoms. The Balaban J connectivity index is 1.43. The second-order valence-corrected chi connectivity index (χ2v) is 10.8. The molecule has 0 radical (unpaired) electrons. The van der Waals surface area contributed by atoms with Gasteiger partial charge in [-0.25, -0.2) is 0 Å². The lowest BCUT2D eigenvalue weighted by Crippen LogP contribution is -2.01. The van der Waals surface area contributed by atoms with Crippen molar-refractivity contribution >= 4 is 55.1 Å². The number of benzene rings is 5. The van der Waals surface area contributed by atoms with E-state index in [1.807, 2.05) is 37.3 Å². The normalized spacial score (nSPS) is 12.5. The van der Waals surface area contributed by atoms with Crippen LogP contribution in [0.3, 0.4) is 0 Å². The van der Waals surface area contributed by atoms with Crippen molar-refractivity contribution in [3.8, 4) is 23.3 Å². The van der Waals surface area contributed by atoms with Crippen LogP contribution in [0.2, 0.25) is 0 Å². The molecule has 0 fully saturated rings. The molecule has 0 saturated heterocycles. The van der Waals surface area contributed by atoms with Gasteiger partial charge in [-0.1, -0.05) is 78.9 Å². The van der Waals surface area contributed by atoms with Crippen molar-refractivity contribution in [2.45, 2.75) is 19.9 Å². The van der Waals surface area contributed by atoms with Gasteiger partial charge in [0.05, 0.1) is 22.0 Å². The van der Waals surface area contributed by atoms with E-state index >= 15 is 0 Å². The Bertz CT molecular complexity index is 2370. The fourth-order valence-corrected chi connectivity index (χ4v) is 6.20. The summed E-state index contributed by atoms with van der Waals surface area (Å²) in [5.74, 6) is 0. The summed E-state index contributed by atoms with van der Waals surface area (Å²) in [4.78, 5) is 0. The Morgan fingerprint density at radius 3 is 2.32 bits per heavy atom. The number of aromatic nitrogens is 1. The van der Waals surface area contributed by atoms with E-state index < -0.39 is 0 Å². The zero-order valence-electron chi connectivity index (χ0n) is 24.4. The number of hydrogen-bond donors (Lipinski definition) is 1. The summed E-state index contributed by atoms with van der Waals surface area (Å²) in [6.07, 6.45) is 8.40. The van der Waals surface area contributed by atoms with Crippen molar-refractivity contribution in [3.63, 3.8) is 0 Å². The molecule has 5 heteroatoms. The van der Waals surface area contributed by atoms with Crippen LogP contribution in [-0.4, -0.2) is 4.57 Å². The summed E-state index contributed by atoms with van der Waals surface area (Å²) in [5, 5.41) is 26.7. The predicted octanol–water partition coefficient (Wildman–Crippen LogP) is 10.5. The molecule has 210 valence electrons. The highest BCUT2D eigenvalue weighted by Gasteiger charge is 2.21. The zero-order chi connectivity index (χ0) is 30.2. The zero-order valence-corrected chi connectivity index (χ0v) is 24.4. The number of anilines is 2. The minimum absolute atomic E-state index is 0.146. The Labute approximate surface area is 255 Å². The van der Waals surface area contributed by atoms with E-state index in [0.717, 1.165) is 60.7 Å². The molecule has 44 heavy (non-hydrogen) atoms. The van der Waals surface area contributed by atoms with Gasteiger partial charge in [-0.05, 0) is 56.3 Å². The first kappa shape index (κ1) is 26.8. The molecule has 5 aromatic carbocycles. The Hall–Kier alpha value is -6.04. The molecule has 0 bridgehead atoms. The van der Waals surface area contributed by atoms with Gasteiger partial charge in [0.25, 0.3) is 0 Å². The van der Waals surface area contributed by atoms with Gasteiger partial charge in [-0.15, -0.1) is 0 Å². The lowest BCUT2D eigenvalue weighted by Gasteiger charge is -2.13. The Morgan fingerprint density at radius 1 is 0.727 bits per heavy atom. The number of nitriles is 2. The monoisotopic (exact) mass is 568 g/mol. The van der Waals surface area contributed by atoms with Crippen molar-refractivity contribution in [1.29, 1.82) is 10.5 Å². The van der Waals surface area contributed by atoms with Gasteiger partial charge in [-0.2, -0.15) is 10.5 Å². The van der Waals surface area contributed by atoms with E-state index in [0.29, 0.717) is 11.1 Å². The molecular formula is C39H28N4O. The molecule has 2 aromatic heterocycles. The minimum atomic E-state index is 0.146. The van der Waals surface area contributed by atoms with Gasteiger partial charge in [0.2, 0.25) is 0 Å². The van der Waals surface area contributed by atoms with E-state index in [1.54, 1.807) is 12.1 Å². The number of para-hydroxylation sites is 3. The van der Waals surface area contributed by atoms with Crippen LogP contribution in [0, 0.1) is 22.7 Å². The van der Waals surface area contributed by atoms with E-state index in [-0.39, 0.29) is 6.04 Å². The van der Waals surface area contributed by atoms with Crippen LogP contribution in [0.5, 0.6) is 0 Å². The number of fused-ring (bicyclic) bond motifs is 7. The Morgan fingerprint density at radius 2 is 1.48 bits per heavy atom. The quantitative estimate of drug-likeness (QED) is 0.202. The van der Waals surface area contributed by atoms with Crippen LogP contribution in [0.4, 0.5) is 11.4 Å². The molecular weight excluding hydrogens is 540 g/mol. The number of nitrogens with zero attached hydrogens (tertiary/aromatic N) is 3. The Kier molecular flexibility index (Phi) is 6.70. The molecule has 0 aliphatic carbocycles. The summed E-state index contributed by atoms with van der Waals surface area (Å²) in [6.45, 7) is 4.23. The minimum Gasteiger partial charge on any atom is -0.455 e. The first-order chi connectivity index (χ1) is 21.6. The number of allylic oxidation sites excluding steroid dienone is 4. The highest BCUT2D eigenvalue weighted by atomic mass is 16.3. The molecule has 1 atom stereocenters. The molecule has 0 aliphatic heterocycles. The standard InChI is InChI=1S/C39H28N4O/c1-3-4-5-11-25(2)43-35-17-9-7-13-33(35)37-36(43)21-20-32-31-15-10-14-30(38(31)44-39(32)37)29-12-6-8-16-34(29)42-28-19-18-26(23-40)27(22-28)24-41/h3-22,25,42H,1-2H3/b4-3-,11-5-. The topological polar surface area (TPSA) is 77.7 Å². The molecule has 1 N–H and O–H groups in total. The molecule has 7 aromatic rings. The average molecular weight is 569 g/mol. The third kappa shape index (κ3) is 4.31. The second kappa shape index (κ2) is 11.0. The maximum absolute atomic E-state index is 9.53. The fourth-order valence-electron chi connectivity index (χ4n) is 6.20. The maximum atomic E-state index is 9.53. The van der Waals surface area contributed by atoms with Gasteiger partial charge in [0.15, 0.2) is 0 Å². The predicted molar refractivity (Wildman–Crippen MR) is 180 cm³/mol. The summed E-state index contributed by atoms with van der Waals surface area (Å²) >= 11 is 0. The molecule has 7 rings (SSSR count). The van der Waals surface area contributed by atoms with E-state index in [1.165, 1.54) is 5.52 Å². The van der Waals surface area contributed by atoms with Gasteiger partial charge < -0.3 is 14.3 Å². The number of hydrogen-bond acceptors (Lipinski definition) is 4. The van der Waals surface area contributed by atoms with Crippen molar-refractivity contribution in [3.05, 3.63) is 132 Å². The smallest absolute Gasteiger partial charge is 0.145 e. The van der Waals surface area contributed by atoms with Gasteiger partial charge in [0.1, 0.15) is 23.3 Å². The molecule has 1 unspecified atom stereocenters. The highest BCUT2D eigenvalue weighted by molar-refractivity contribution is 6.24. The van der Waals surface area contributed by atoms with Crippen LogP contribution >= 0.6 is 0 Å². The first-order valence-electron chi connectivity index (χ1n) is 14.6. The summed E-state index contributed by atoms with van der Waals surface area (Å²) in [6, 6.07) is 36.8. The molecule has 0 aliphatic rings. The number of rotatable bonds is 6. The third-order valence-corrected chi connectivity index (χ3v) is 8.19. The van der Waals surface area contributed by atoms with Crippen LogP contribution < -0.4 is 5.32 Å². The van der Waals surface area contributed by atoms with Crippen LogP contribution in [-0.2, 0) is 0 Å². The molecule has 2 heterocycles. The van der Waals surface area contributed by atoms with Crippen molar-refractivity contribution in [2.24, 2.45) is 0 Å². The van der Waals surface area contributed by atoms with Crippen LogP contribution in [0.15, 0.2) is 126 Å². The molecule has 0 saturated carbocycles. The lowest BCUT2D eigenvalue weighted by molar-refractivity contribution is 0.673. The van der Waals surface area contributed by atoms with Gasteiger partial charge in [-0.3, -0.25) is 0 Å². The largest absolute Gasteiger partial charge is 0.455 e. The van der Waals surface area contributed by atoms with Crippen LogP contribution in [0.25, 0.3) is 54.9 Å². The van der Waals surface area contributed by atoms with E-state index in [4.69, 9.17) is 4.42 Å². The first-order valence-corrected chi connectivity index (χ1v) is 14.6. The fraction of sp³-hybridized carbons (Fsp3) is 0.0769. The number of nitrogens with one attached hydrogen (secondary N) is 1. The third-order valence-electron chi connectivity index (χ3n) is 8.19. The summed E-state index contributed by atoms with van der Waals surface area (Å²) in [7, 11) is 0. The van der Waals surface area contributed by atoms with Crippen LogP contribution in [0.1, 0.15) is 31.0 Å². The summed E-state index contributed by atoms with van der Waals surface area (Å²) in [5.41, 5.74) is 8.24. The molecule has 5 nitrogen and oxygen atoms in total. The van der Waals surface area contributed by atoms with Gasteiger partial charge >= 0.3 is 0 Å². The van der Waals surface area contributed by atoms with Gasteiger partial charge in [0, 0.05) is 50.2 Å². The maximum Gasteiger partial charge on any atom is 0.145 e. The highest BCUT2D eigenvalue weighted by Crippen LogP contribution is 2.44. The van der Waals surface area contributed by atoms with E-state index in [9.17, 15) is 10.5 Å². The lowest BCUT2D eigenvalue weighted by atomic mass is 10.00. The van der Waals surface area contributed by atoms with Crippen molar-refractivity contribution < 1.29 is 4.42 Å². The average Bonchev–Trinajstić information content (AvgIpc) is 3.61. The summed E-state index contributed by atoms with van der Waals surface area (Å²) < 4.78 is 9.25. The SMILES string of the molecule is C/C=C\C=C/C(C)n1c2ccccc2c2c3oc4c(-c5ccccc5Nc5ccc(C#N)c(C#N)c5)cccc4c3ccc21. The second-order valence-electron chi connectivity index (χ2n) is 10.8.